The largest absolute Gasteiger partial charge is 0.393 e. The summed E-state index contributed by atoms with van der Waals surface area (Å²) in [5.74, 6) is -1.73. The van der Waals surface area contributed by atoms with Crippen LogP contribution in [0.5, 0.6) is 0 Å². The molecule has 0 unspecified atom stereocenters. The Bertz CT molecular complexity index is 271. The second-order valence-electron chi connectivity index (χ2n) is 2.77. The second kappa shape index (κ2) is 3.63. The smallest absolute Gasteiger partial charge is 0.162 e. The molecule has 0 aliphatic rings. The van der Waals surface area contributed by atoms with E-state index in [0.29, 0.717) is 0 Å². The first kappa shape index (κ1) is 9.13. The van der Waals surface area contributed by atoms with Crippen LogP contribution in [0.25, 0.3) is 0 Å². The summed E-state index contributed by atoms with van der Waals surface area (Å²) in [5, 5.41) is 8.93. The van der Waals surface area contributed by atoms with E-state index in [1.165, 1.54) is 19.1 Å². The SMILES string of the molecule is C[C@H](O)Cc1cccc(F)c1F. The molecule has 12 heavy (non-hydrogen) atoms. The zero-order chi connectivity index (χ0) is 9.14. The quantitative estimate of drug-likeness (QED) is 0.722. The molecule has 1 atom stereocenters. The molecule has 1 nitrogen and oxygen atoms in total. The van der Waals surface area contributed by atoms with E-state index >= 15 is 0 Å². The first-order valence-corrected chi connectivity index (χ1v) is 3.72. The summed E-state index contributed by atoms with van der Waals surface area (Å²) in [7, 11) is 0. The number of hydrogen-bond donors (Lipinski definition) is 1. The van der Waals surface area contributed by atoms with Gasteiger partial charge in [0.15, 0.2) is 11.6 Å². The molecule has 0 heterocycles. The lowest BCUT2D eigenvalue weighted by atomic mass is 10.1. The van der Waals surface area contributed by atoms with Crippen molar-refractivity contribution >= 4 is 0 Å². The molecule has 0 saturated heterocycles. The minimum Gasteiger partial charge on any atom is -0.393 e. The number of aliphatic hydroxyl groups is 1. The summed E-state index contributed by atoms with van der Waals surface area (Å²) in [4.78, 5) is 0. The third-order valence-corrected chi connectivity index (χ3v) is 1.55. The van der Waals surface area contributed by atoms with Crippen LogP contribution in [0.15, 0.2) is 18.2 Å². The highest BCUT2D eigenvalue weighted by atomic mass is 19.2. The Labute approximate surface area is 69.7 Å². The lowest BCUT2D eigenvalue weighted by Crippen LogP contribution is -2.06. The van der Waals surface area contributed by atoms with Crippen molar-refractivity contribution in [2.45, 2.75) is 19.4 Å². The summed E-state index contributed by atoms with van der Waals surface area (Å²) in [5.41, 5.74) is 0.213. The minimum absolute atomic E-state index is 0.142. The maximum atomic E-state index is 12.9. The third kappa shape index (κ3) is 2.01. The van der Waals surface area contributed by atoms with E-state index in [-0.39, 0.29) is 12.0 Å². The van der Waals surface area contributed by atoms with Crippen LogP contribution in [0.1, 0.15) is 12.5 Å². The molecule has 0 aliphatic carbocycles. The van der Waals surface area contributed by atoms with Gasteiger partial charge in [-0.15, -0.1) is 0 Å². The summed E-state index contributed by atoms with van der Waals surface area (Å²) in [6.07, 6.45) is -0.509. The van der Waals surface area contributed by atoms with Gasteiger partial charge in [0.1, 0.15) is 0 Å². The zero-order valence-electron chi connectivity index (χ0n) is 6.72. The van der Waals surface area contributed by atoms with Gasteiger partial charge in [0.05, 0.1) is 6.10 Å². The molecule has 1 rings (SSSR count). The van der Waals surface area contributed by atoms with Crippen molar-refractivity contribution in [2.24, 2.45) is 0 Å². The highest BCUT2D eigenvalue weighted by Gasteiger charge is 2.08. The van der Waals surface area contributed by atoms with Gasteiger partial charge in [0.2, 0.25) is 0 Å². The fourth-order valence-corrected chi connectivity index (χ4v) is 1.02. The zero-order valence-corrected chi connectivity index (χ0v) is 6.72. The molecular weight excluding hydrogens is 162 g/mol. The van der Waals surface area contributed by atoms with Crippen molar-refractivity contribution in [3.05, 3.63) is 35.4 Å². The van der Waals surface area contributed by atoms with Crippen LogP contribution in [-0.2, 0) is 6.42 Å². The van der Waals surface area contributed by atoms with Gasteiger partial charge in [-0.3, -0.25) is 0 Å². The Balaban J connectivity index is 2.92. The fourth-order valence-electron chi connectivity index (χ4n) is 1.02. The van der Waals surface area contributed by atoms with E-state index in [0.717, 1.165) is 6.07 Å². The molecular formula is C9H10F2O. The van der Waals surface area contributed by atoms with E-state index in [1.807, 2.05) is 0 Å². The molecule has 0 bridgehead atoms. The van der Waals surface area contributed by atoms with Crippen LogP contribution < -0.4 is 0 Å². The normalized spacial score (nSPS) is 13.0. The van der Waals surface area contributed by atoms with Crippen molar-refractivity contribution < 1.29 is 13.9 Å². The average Bonchev–Trinajstić information content (AvgIpc) is 1.98. The van der Waals surface area contributed by atoms with Gasteiger partial charge in [-0.05, 0) is 18.6 Å². The number of halogens is 2. The number of aliphatic hydroxyl groups excluding tert-OH is 1. The molecule has 0 amide bonds. The van der Waals surface area contributed by atoms with E-state index < -0.39 is 17.7 Å². The Kier molecular flexibility index (Phi) is 2.76. The van der Waals surface area contributed by atoms with Crippen LogP contribution in [0.4, 0.5) is 8.78 Å². The molecule has 0 aliphatic heterocycles. The number of hydrogen-bond acceptors (Lipinski definition) is 1. The summed E-state index contributed by atoms with van der Waals surface area (Å²) < 4.78 is 25.4. The molecule has 0 fully saturated rings. The Morgan fingerprint density at radius 1 is 1.42 bits per heavy atom. The van der Waals surface area contributed by atoms with Crippen LogP contribution in [0.3, 0.4) is 0 Å². The highest BCUT2D eigenvalue weighted by Crippen LogP contribution is 2.12. The third-order valence-electron chi connectivity index (χ3n) is 1.55. The number of benzene rings is 1. The van der Waals surface area contributed by atoms with Crippen LogP contribution in [-0.4, -0.2) is 11.2 Å². The van der Waals surface area contributed by atoms with Crippen LogP contribution >= 0.6 is 0 Å². The molecule has 0 spiro atoms. The Morgan fingerprint density at radius 2 is 2.08 bits per heavy atom. The highest BCUT2D eigenvalue weighted by molar-refractivity contribution is 5.19. The first-order chi connectivity index (χ1) is 5.61. The van der Waals surface area contributed by atoms with Gasteiger partial charge < -0.3 is 5.11 Å². The standard InChI is InChI=1S/C9H10F2O/c1-6(12)5-7-3-2-4-8(10)9(7)11/h2-4,6,12H,5H2,1H3/t6-/m0/s1. The maximum Gasteiger partial charge on any atom is 0.162 e. The molecule has 0 saturated carbocycles. The monoisotopic (exact) mass is 172 g/mol. The molecule has 1 N–H and O–H groups in total. The van der Waals surface area contributed by atoms with Crippen LogP contribution in [0, 0.1) is 11.6 Å². The van der Waals surface area contributed by atoms with E-state index in [4.69, 9.17) is 5.11 Å². The predicted octanol–water partition coefficient (Wildman–Crippen LogP) is 1.89. The fraction of sp³-hybridized carbons (Fsp3) is 0.333. The molecule has 3 heteroatoms. The lowest BCUT2D eigenvalue weighted by Gasteiger charge is -2.05. The summed E-state index contributed by atoms with van der Waals surface area (Å²) >= 11 is 0. The van der Waals surface area contributed by atoms with E-state index in [2.05, 4.69) is 0 Å². The van der Waals surface area contributed by atoms with E-state index in [9.17, 15) is 8.78 Å². The van der Waals surface area contributed by atoms with Gasteiger partial charge >= 0.3 is 0 Å². The van der Waals surface area contributed by atoms with Gasteiger partial charge in [0, 0.05) is 6.42 Å². The predicted molar refractivity (Wildman–Crippen MR) is 41.7 cm³/mol. The van der Waals surface area contributed by atoms with Crippen molar-refractivity contribution in [3.8, 4) is 0 Å². The summed E-state index contributed by atoms with van der Waals surface area (Å²) in [6, 6.07) is 3.95. The van der Waals surface area contributed by atoms with Crippen molar-refractivity contribution in [2.75, 3.05) is 0 Å². The summed E-state index contributed by atoms with van der Waals surface area (Å²) in [6.45, 7) is 1.53. The van der Waals surface area contributed by atoms with Gasteiger partial charge in [0.25, 0.3) is 0 Å². The Hall–Kier alpha value is -0.960. The first-order valence-electron chi connectivity index (χ1n) is 3.72. The Morgan fingerprint density at radius 3 is 2.67 bits per heavy atom. The topological polar surface area (TPSA) is 20.2 Å². The molecule has 0 radical (unpaired) electrons. The van der Waals surface area contributed by atoms with Gasteiger partial charge in [-0.25, -0.2) is 8.78 Å². The maximum absolute atomic E-state index is 12.9. The lowest BCUT2D eigenvalue weighted by molar-refractivity contribution is 0.194. The van der Waals surface area contributed by atoms with Crippen LogP contribution in [0.2, 0.25) is 0 Å². The van der Waals surface area contributed by atoms with Crippen molar-refractivity contribution in [1.82, 2.24) is 0 Å². The average molecular weight is 172 g/mol. The van der Waals surface area contributed by atoms with E-state index in [1.54, 1.807) is 0 Å². The molecule has 0 aromatic heterocycles. The van der Waals surface area contributed by atoms with Gasteiger partial charge in [-0.2, -0.15) is 0 Å². The molecule has 66 valence electrons. The van der Waals surface area contributed by atoms with Gasteiger partial charge in [-0.1, -0.05) is 12.1 Å². The minimum atomic E-state index is -0.867. The van der Waals surface area contributed by atoms with Crippen molar-refractivity contribution in [1.29, 1.82) is 0 Å². The van der Waals surface area contributed by atoms with Crippen molar-refractivity contribution in [3.63, 3.8) is 0 Å². The molecule has 1 aromatic carbocycles. The number of rotatable bonds is 2. The molecule has 1 aromatic rings. The second-order valence-corrected chi connectivity index (χ2v) is 2.77.